The highest BCUT2D eigenvalue weighted by Gasteiger charge is 2.17. The van der Waals surface area contributed by atoms with Crippen molar-refractivity contribution in [2.45, 2.75) is 13.0 Å². The number of carbonyl (C=O) groups is 1. The minimum atomic E-state index is 0.00935. The monoisotopic (exact) mass is 417 g/mol. The van der Waals surface area contributed by atoms with Crippen LogP contribution in [0.1, 0.15) is 27.0 Å². The summed E-state index contributed by atoms with van der Waals surface area (Å²) < 4.78 is 0.911. The average molecular weight is 418 g/mol. The predicted octanol–water partition coefficient (Wildman–Crippen LogP) is 5.91. The van der Waals surface area contributed by atoms with Gasteiger partial charge in [0.1, 0.15) is 0 Å². The summed E-state index contributed by atoms with van der Waals surface area (Å²) in [6, 6.07) is 24.4. The maximum Gasteiger partial charge on any atom is 0.185 e. The Labute approximate surface area is 168 Å². The van der Waals surface area contributed by atoms with Gasteiger partial charge in [-0.3, -0.25) is 4.79 Å². The zero-order valence-corrected chi connectivity index (χ0v) is 16.5. The molecule has 0 spiro atoms. The first-order valence-corrected chi connectivity index (χ1v) is 9.89. The molecule has 0 radical (unpaired) electrons. The lowest BCUT2D eigenvalue weighted by molar-refractivity contribution is 0.104. The van der Waals surface area contributed by atoms with E-state index in [9.17, 15) is 4.79 Å². The van der Waals surface area contributed by atoms with E-state index in [0.717, 1.165) is 29.5 Å². The summed E-state index contributed by atoms with van der Waals surface area (Å²) in [5.41, 5.74) is 5.75. The number of ketones is 1. The maximum absolute atomic E-state index is 12.5. The molecule has 3 heteroatoms. The molecular weight excluding hydrogens is 398 g/mol. The summed E-state index contributed by atoms with van der Waals surface area (Å²) in [4.78, 5) is 14.9. The molecule has 1 aliphatic rings. The van der Waals surface area contributed by atoms with E-state index in [4.69, 9.17) is 0 Å². The molecule has 0 aromatic heterocycles. The summed E-state index contributed by atoms with van der Waals surface area (Å²) in [7, 11) is 0. The van der Waals surface area contributed by atoms with Gasteiger partial charge >= 0.3 is 0 Å². The summed E-state index contributed by atoms with van der Waals surface area (Å²) in [5, 5.41) is 0. The van der Waals surface area contributed by atoms with Gasteiger partial charge in [-0.25, -0.2) is 0 Å². The SMILES string of the molecule is O=C(/C=C/c1ccccc1N1CCc2ccccc2C1)c1cccc(Br)c1. The number of para-hydroxylation sites is 1. The Bertz CT molecular complexity index is 1010. The van der Waals surface area contributed by atoms with E-state index in [1.165, 1.54) is 16.8 Å². The van der Waals surface area contributed by atoms with E-state index >= 15 is 0 Å². The van der Waals surface area contributed by atoms with Crippen LogP contribution in [0.5, 0.6) is 0 Å². The fourth-order valence-corrected chi connectivity index (χ4v) is 3.92. The van der Waals surface area contributed by atoms with Gasteiger partial charge in [-0.05, 0) is 53.5 Å². The molecule has 0 saturated carbocycles. The summed E-state index contributed by atoms with van der Waals surface area (Å²) >= 11 is 3.42. The number of allylic oxidation sites excluding steroid dienone is 1. The second-order valence-corrected chi connectivity index (χ2v) is 7.62. The Morgan fingerprint density at radius 1 is 0.926 bits per heavy atom. The smallest absolute Gasteiger partial charge is 0.185 e. The number of anilines is 1. The Morgan fingerprint density at radius 3 is 2.56 bits per heavy atom. The standard InChI is InChI=1S/C24H20BrNO/c25-22-10-5-9-20(16-22)24(27)13-12-19-7-3-4-11-23(19)26-15-14-18-6-1-2-8-21(18)17-26/h1-13,16H,14-15,17H2/b13-12+. The van der Waals surface area contributed by atoms with Crippen LogP contribution < -0.4 is 4.90 Å². The van der Waals surface area contributed by atoms with Gasteiger partial charge in [-0.2, -0.15) is 0 Å². The number of benzene rings is 3. The fraction of sp³-hybridized carbons (Fsp3) is 0.125. The zero-order valence-electron chi connectivity index (χ0n) is 14.9. The van der Waals surface area contributed by atoms with Crippen molar-refractivity contribution in [2.75, 3.05) is 11.4 Å². The second kappa shape index (κ2) is 7.93. The molecule has 27 heavy (non-hydrogen) atoms. The Balaban J connectivity index is 1.58. The summed E-state index contributed by atoms with van der Waals surface area (Å²) in [6.45, 7) is 1.89. The van der Waals surface area contributed by atoms with Crippen LogP contribution in [0.3, 0.4) is 0 Å². The van der Waals surface area contributed by atoms with Crippen LogP contribution in [-0.2, 0) is 13.0 Å². The lowest BCUT2D eigenvalue weighted by atomic mass is 9.98. The van der Waals surface area contributed by atoms with Gasteiger partial charge in [-0.15, -0.1) is 0 Å². The first-order chi connectivity index (χ1) is 13.2. The number of rotatable bonds is 4. The van der Waals surface area contributed by atoms with Gasteiger partial charge in [0.15, 0.2) is 5.78 Å². The van der Waals surface area contributed by atoms with Crippen molar-refractivity contribution in [3.8, 4) is 0 Å². The van der Waals surface area contributed by atoms with Crippen LogP contribution in [0.25, 0.3) is 6.08 Å². The van der Waals surface area contributed by atoms with Gasteiger partial charge in [0.05, 0.1) is 0 Å². The topological polar surface area (TPSA) is 20.3 Å². The van der Waals surface area contributed by atoms with E-state index in [1.54, 1.807) is 6.08 Å². The van der Waals surface area contributed by atoms with Crippen molar-refractivity contribution >= 4 is 33.5 Å². The molecule has 134 valence electrons. The van der Waals surface area contributed by atoms with Crippen molar-refractivity contribution in [3.05, 3.63) is 106 Å². The van der Waals surface area contributed by atoms with E-state index in [0.29, 0.717) is 5.56 Å². The molecular formula is C24H20BrNO. The lowest BCUT2D eigenvalue weighted by Crippen LogP contribution is -2.30. The number of nitrogens with zero attached hydrogens (tertiary/aromatic N) is 1. The van der Waals surface area contributed by atoms with Crippen molar-refractivity contribution < 1.29 is 4.79 Å². The molecule has 0 fully saturated rings. The third kappa shape index (κ3) is 4.04. The normalized spacial score (nSPS) is 13.6. The van der Waals surface area contributed by atoms with Crippen molar-refractivity contribution in [3.63, 3.8) is 0 Å². The lowest BCUT2D eigenvalue weighted by Gasteiger charge is -2.31. The van der Waals surface area contributed by atoms with Gasteiger partial charge < -0.3 is 4.90 Å². The molecule has 0 aliphatic carbocycles. The number of hydrogen-bond donors (Lipinski definition) is 0. The molecule has 0 amide bonds. The molecule has 4 rings (SSSR count). The van der Waals surface area contributed by atoms with Crippen LogP contribution in [0.2, 0.25) is 0 Å². The summed E-state index contributed by atoms with van der Waals surface area (Å²) in [6.07, 6.45) is 4.64. The van der Waals surface area contributed by atoms with Crippen LogP contribution in [0.15, 0.2) is 83.3 Å². The molecule has 1 heterocycles. The highest BCUT2D eigenvalue weighted by molar-refractivity contribution is 9.10. The predicted molar refractivity (Wildman–Crippen MR) is 115 cm³/mol. The maximum atomic E-state index is 12.5. The van der Waals surface area contributed by atoms with Gasteiger partial charge in [0, 0.05) is 28.8 Å². The number of halogens is 1. The van der Waals surface area contributed by atoms with E-state index in [1.807, 2.05) is 36.4 Å². The minimum Gasteiger partial charge on any atom is -0.366 e. The van der Waals surface area contributed by atoms with E-state index in [-0.39, 0.29) is 5.78 Å². The molecule has 3 aromatic rings. The van der Waals surface area contributed by atoms with Gasteiger partial charge in [-0.1, -0.05) is 70.5 Å². The number of hydrogen-bond acceptors (Lipinski definition) is 2. The third-order valence-corrected chi connectivity index (χ3v) is 5.42. The largest absolute Gasteiger partial charge is 0.366 e. The van der Waals surface area contributed by atoms with Crippen molar-refractivity contribution in [1.82, 2.24) is 0 Å². The van der Waals surface area contributed by atoms with Crippen molar-refractivity contribution in [2.24, 2.45) is 0 Å². The molecule has 0 atom stereocenters. The van der Waals surface area contributed by atoms with E-state index in [2.05, 4.69) is 63.3 Å². The molecule has 0 unspecified atom stereocenters. The highest BCUT2D eigenvalue weighted by Crippen LogP contribution is 2.28. The zero-order chi connectivity index (χ0) is 18.6. The van der Waals surface area contributed by atoms with Crippen LogP contribution in [0, 0.1) is 0 Å². The van der Waals surface area contributed by atoms with Crippen LogP contribution in [0.4, 0.5) is 5.69 Å². The quantitative estimate of drug-likeness (QED) is 0.388. The van der Waals surface area contributed by atoms with Crippen LogP contribution >= 0.6 is 15.9 Å². The molecule has 0 N–H and O–H groups in total. The highest BCUT2D eigenvalue weighted by atomic mass is 79.9. The molecule has 3 aromatic carbocycles. The van der Waals surface area contributed by atoms with Crippen LogP contribution in [-0.4, -0.2) is 12.3 Å². The van der Waals surface area contributed by atoms with Gasteiger partial charge in [0.25, 0.3) is 0 Å². The third-order valence-electron chi connectivity index (χ3n) is 4.93. The first kappa shape index (κ1) is 17.7. The average Bonchev–Trinajstić information content (AvgIpc) is 2.72. The number of carbonyl (C=O) groups excluding carboxylic acids is 1. The number of fused-ring (bicyclic) bond motifs is 1. The fourth-order valence-electron chi connectivity index (χ4n) is 3.52. The Hall–Kier alpha value is -2.65. The molecule has 0 saturated heterocycles. The Kier molecular flexibility index (Phi) is 5.21. The minimum absolute atomic E-state index is 0.00935. The Morgan fingerprint density at radius 2 is 1.70 bits per heavy atom. The molecule has 1 aliphatic heterocycles. The van der Waals surface area contributed by atoms with Crippen molar-refractivity contribution in [1.29, 1.82) is 0 Å². The molecule has 0 bridgehead atoms. The first-order valence-electron chi connectivity index (χ1n) is 9.09. The van der Waals surface area contributed by atoms with Gasteiger partial charge in [0.2, 0.25) is 0 Å². The second-order valence-electron chi connectivity index (χ2n) is 6.71. The molecule has 2 nitrogen and oxygen atoms in total. The summed E-state index contributed by atoms with van der Waals surface area (Å²) in [5.74, 6) is 0.00935. The van der Waals surface area contributed by atoms with E-state index < -0.39 is 0 Å².